The lowest BCUT2D eigenvalue weighted by Crippen LogP contribution is -2.49. The zero-order valence-corrected chi connectivity index (χ0v) is 12.1. The number of piperidine rings is 1. The first-order valence-electron chi connectivity index (χ1n) is 6.59. The zero-order chi connectivity index (χ0) is 14.1. The second kappa shape index (κ2) is 4.90. The minimum atomic E-state index is -0.780. The van der Waals surface area contributed by atoms with Crippen molar-refractivity contribution in [2.24, 2.45) is 16.7 Å². The lowest BCUT2D eigenvalue weighted by atomic mass is 9.74. The molecule has 0 spiro atoms. The Morgan fingerprint density at radius 3 is 2.17 bits per heavy atom. The molecule has 0 radical (unpaired) electrons. The van der Waals surface area contributed by atoms with E-state index in [4.69, 9.17) is 0 Å². The van der Waals surface area contributed by atoms with Crippen LogP contribution in [0, 0.1) is 16.7 Å². The predicted molar refractivity (Wildman–Crippen MR) is 70.2 cm³/mol. The molecule has 1 rings (SSSR count). The molecule has 4 heteroatoms. The van der Waals surface area contributed by atoms with Crippen LogP contribution in [0.3, 0.4) is 0 Å². The van der Waals surface area contributed by atoms with Crippen LogP contribution in [0.15, 0.2) is 0 Å². The first-order valence-corrected chi connectivity index (χ1v) is 6.59. The number of amides is 1. The van der Waals surface area contributed by atoms with Crippen LogP contribution in [-0.4, -0.2) is 35.0 Å². The van der Waals surface area contributed by atoms with Gasteiger partial charge in [-0.25, -0.2) is 0 Å². The Labute approximate surface area is 109 Å². The Kier molecular flexibility index (Phi) is 4.08. The predicted octanol–water partition coefficient (Wildman–Crippen LogP) is 2.38. The van der Waals surface area contributed by atoms with E-state index in [0.717, 1.165) is 19.4 Å². The SMILES string of the molecule is CC(C)(C)C(=O)N1CCCC(C(C)(C)C(=O)O)C1. The number of carboxylic acid groups (broad SMARTS) is 1. The van der Waals surface area contributed by atoms with Gasteiger partial charge in [0.05, 0.1) is 5.41 Å². The zero-order valence-electron chi connectivity index (χ0n) is 12.1. The molecule has 1 amide bonds. The molecule has 0 aliphatic carbocycles. The van der Waals surface area contributed by atoms with Crippen LogP contribution in [0.2, 0.25) is 0 Å². The summed E-state index contributed by atoms with van der Waals surface area (Å²) in [5, 5.41) is 9.27. The van der Waals surface area contributed by atoms with E-state index in [1.165, 1.54) is 0 Å². The number of nitrogens with zero attached hydrogens (tertiary/aromatic N) is 1. The lowest BCUT2D eigenvalue weighted by Gasteiger charge is -2.41. The first kappa shape index (κ1) is 15.0. The monoisotopic (exact) mass is 255 g/mol. The summed E-state index contributed by atoms with van der Waals surface area (Å²) in [5.41, 5.74) is -1.16. The van der Waals surface area contributed by atoms with Crippen LogP contribution >= 0.6 is 0 Å². The molecular weight excluding hydrogens is 230 g/mol. The fourth-order valence-electron chi connectivity index (χ4n) is 2.40. The summed E-state index contributed by atoms with van der Waals surface area (Å²) in [4.78, 5) is 25.4. The van der Waals surface area contributed by atoms with E-state index >= 15 is 0 Å². The molecule has 0 aromatic carbocycles. The van der Waals surface area contributed by atoms with Gasteiger partial charge in [0.1, 0.15) is 0 Å². The number of aliphatic carboxylic acids is 1. The minimum Gasteiger partial charge on any atom is -0.481 e. The lowest BCUT2D eigenvalue weighted by molar-refractivity contribution is -0.154. The summed E-state index contributed by atoms with van der Waals surface area (Å²) in [7, 11) is 0. The van der Waals surface area contributed by atoms with Crippen molar-refractivity contribution in [3.05, 3.63) is 0 Å². The normalized spacial score (nSPS) is 21.8. The summed E-state index contributed by atoms with van der Waals surface area (Å²) in [5.74, 6) is -0.624. The molecule has 1 fully saturated rings. The van der Waals surface area contributed by atoms with Crippen LogP contribution < -0.4 is 0 Å². The summed E-state index contributed by atoms with van der Waals surface area (Å²) < 4.78 is 0. The average molecular weight is 255 g/mol. The van der Waals surface area contributed by atoms with Gasteiger partial charge >= 0.3 is 5.97 Å². The molecule has 1 N–H and O–H groups in total. The highest BCUT2D eigenvalue weighted by atomic mass is 16.4. The molecule has 0 aromatic rings. The highest BCUT2D eigenvalue weighted by Gasteiger charge is 2.41. The Morgan fingerprint density at radius 1 is 1.17 bits per heavy atom. The van der Waals surface area contributed by atoms with Gasteiger partial charge in [0.2, 0.25) is 5.91 Å². The molecule has 104 valence electrons. The Hall–Kier alpha value is -1.06. The van der Waals surface area contributed by atoms with Crippen LogP contribution in [0.4, 0.5) is 0 Å². The van der Waals surface area contributed by atoms with Crippen molar-refractivity contribution in [2.45, 2.75) is 47.5 Å². The van der Waals surface area contributed by atoms with Gasteiger partial charge < -0.3 is 10.0 Å². The standard InChI is InChI=1S/C14H25NO3/c1-13(2,3)11(16)15-8-6-7-10(9-15)14(4,5)12(17)18/h10H,6-9H2,1-5H3,(H,17,18). The number of likely N-dealkylation sites (tertiary alicyclic amines) is 1. The number of rotatable bonds is 2. The summed E-state index contributed by atoms with van der Waals surface area (Å²) >= 11 is 0. The van der Waals surface area contributed by atoms with Crippen LogP contribution in [0.5, 0.6) is 0 Å². The number of hydrogen-bond acceptors (Lipinski definition) is 2. The molecule has 0 saturated carbocycles. The van der Waals surface area contributed by atoms with Crippen molar-refractivity contribution in [3.8, 4) is 0 Å². The van der Waals surface area contributed by atoms with E-state index in [-0.39, 0.29) is 11.8 Å². The third-order valence-electron chi connectivity index (χ3n) is 3.92. The second-order valence-corrected chi connectivity index (χ2v) is 6.87. The largest absolute Gasteiger partial charge is 0.481 e. The van der Waals surface area contributed by atoms with Crippen molar-refractivity contribution in [1.82, 2.24) is 4.90 Å². The van der Waals surface area contributed by atoms with Crippen molar-refractivity contribution < 1.29 is 14.7 Å². The average Bonchev–Trinajstić information content (AvgIpc) is 2.26. The number of carboxylic acids is 1. The molecule has 1 heterocycles. The van der Waals surface area contributed by atoms with E-state index in [0.29, 0.717) is 6.54 Å². The maximum atomic E-state index is 12.2. The van der Waals surface area contributed by atoms with Crippen molar-refractivity contribution in [2.75, 3.05) is 13.1 Å². The van der Waals surface area contributed by atoms with Crippen LogP contribution in [0.25, 0.3) is 0 Å². The van der Waals surface area contributed by atoms with Gasteiger partial charge in [0.15, 0.2) is 0 Å². The van der Waals surface area contributed by atoms with Crippen LogP contribution in [0.1, 0.15) is 47.5 Å². The van der Waals surface area contributed by atoms with Gasteiger partial charge in [-0.3, -0.25) is 9.59 Å². The molecule has 1 unspecified atom stereocenters. The minimum absolute atomic E-state index is 0.0371. The van der Waals surface area contributed by atoms with E-state index in [9.17, 15) is 14.7 Å². The number of hydrogen-bond donors (Lipinski definition) is 1. The van der Waals surface area contributed by atoms with Gasteiger partial charge in [-0.05, 0) is 32.6 Å². The topological polar surface area (TPSA) is 57.6 Å². The summed E-state index contributed by atoms with van der Waals surface area (Å²) in [6.45, 7) is 10.5. The smallest absolute Gasteiger partial charge is 0.309 e. The fourth-order valence-corrected chi connectivity index (χ4v) is 2.40. The summed E-state index contributed by atoms with van der Waals surface area (Å²) in [6.07, 6.45) is 1.77. The van der Waals surface area contributed by atoms with Crippen LogP contribution in [-0.2, 0) is 9.59 Å². The molecule has 0 bridgehead atoms. The van der Waals surface area contributed by atoms with E-state index in [1.807, 2.05) is 25.7 Å². The van der Waals surface area contributed by atoms with Crippen molar-refractivity contribution >= 4 is 11.9 Å². The third-order valence-corrected chi connectivity index (χ3v) is 3.92. The summed E-state index contributed by atoms with van der Waals surface area (Å²) in [6, 6.07) is 0. The maximum absolute atomic E-state index is 12.2. The number of carbonyl (C=O) groups excluding carboxylic acids is 1. The van der Waals surface area contributed by atoms with Gasteiger partial charge in [0.25, 0.3) is 0 Å². The fraction of sp³-hybridized carbons (Fsp3) is 0.857. The maximum Gasteiger partial charge on any atom is 0.309 e. The Balaban J connectivity index is 2.79. The molecule has 1 aliphatic rings. The second-order valence-electron chi connectivity index (χ2n) is 6.87. The quantitative estimate of drug-likeness (QED) is 0.824. The molecule has 18 heavy (non-hydrogen) atoms. The van der Waals surface area contributed by atoms with Crippen molar-refractivity contribution in [1.29, 1.82) is 0 Å². The molecule has 0 aromatic heterocycles. The Morgan fingerprint density at radius 2 is 1.72 bits per heavy atom. The van der Waals surface area contributed by atoms with Gasteiger partial charge in [-0.15, -0.1) is 0 Å². The molecule has 4 nitrogen and oxygen atoms in total. The van der Waals surface area contributed by atoms with Crippen molar-refractivity contribution in [3.63, 3.8) is 0 Å². The molecule has 1 atom stereocenters. The highest BCUT2D eigenvalue weighted by Crippen LogP contribution is 2.35. The van der Waals surface area contributed by atoms with E-state index in [2.05, 4.69) is 0 Å². The third kappa shape index (κ3) is 3.03. The van der Waals surface area contributed by atoms with E-state index in [1.54, 1.807) is 13.8 Å². The first-order chi connectivity index (χ1) is 8.06. The number of carbonyl (C=O) groups is 2. The van der Waals surface area contributed by atoms with Gasteiger partial charge in [-0.2, -0.15) is 0 Å². The molecular formula is C14H25NO3. The highest BCUT2D eigenvalue weighted by molar-refractivity contribution is 5.82. The van der Waals surface area contributed by atoms with E-state index < -0.39 is 16.8 Å². The van der Waals surface area contributed by atoms with Gasteiger partial charge in [0, 0.05) is 18.5 Å². The molecule has 1 saturated heterocycles. The molecule has 1 aliphatic heterocycles. The van der Waals surface area contributed by atoms with Gasteiger partial charge in [-0.1, -0.05) is 20.8 Å². The Bertz CT molecular complexity index is 341.